The quantitative estimate of drug-likeness (QED) is 0.407. The van der Waals surface area contributed by atoms with E-state index in [0.29, 0.717) is 0 Å². The average molecular weight is 250 g/mol. The summed E-state index contributed by atoms with van der Waals surface area (Å²) in [6.07, 6.45) is 1.44. The second kappa shape index (κ2) is 17.4. The molecular formula is C6H8CaO4Zn. The molecular weight excluding hydrogens is 242 g/mol. The molecule has 60 valence electrons. The van der Waals surface area contributed by atoms with Crippen molar-refractivity contribution in [1.82, 2.24) is 0 Å². The molecule has 0 aliphatic heterocycles. The van der Waals surface area contributed by atoms with Gasteiger partial charge in [-0.1, -0.05) is 13.2 Å². The molecule has 0 aromatic carbocycles. The van der Waals surface area contributed by atoms with E-state index in [1.165, 1.54) is 0 Å². The van der Waals surface area contributed by atoms with Gasteiger partial charge in [0, 0.05) is 0 Å². The van der Waals surface area contributed by atoms with Gasteiger partial charge in [-0.25, -0.2) is 0 Å². The standard InChI is InChI=1S/2C3H4O2.Ca.Zn.2H/c2*1-2-3(4)5;;;;/h2*2H,1H2,(H,4,5);;;;/q;;2*+2;2*-1/p-2. The maximum Gasteiger partial charge on any atom is 2.00 e. The molecule has 0 aliphatic rings. The fourth-order valence-electron chi connectivity index (χ4n) is 0. The van der Waals surface area contributed by atoms with E-state index in [4.69, 9.17) is 19.8 Å². The molecule has 0 rings (SSSR count). The first-order valence-corrected chi connectivity index (χ1v) is 2.21. The predicted octanol–water partition coefficient (Wildman–Crippen LogP) is -2.31. The molecule has 0 radical (unpaired) electrons. The molecule has 0 aromatic rings. The van der Waals surface area contributed by atoms with Crippen LogP contribution in [0.1, 0.15) is 2.85 Å². The largest absolute Gasteiger partial charge is 2.00 e. The summed E-state index contributed by atoms with van der Waals surface area (Å²) in [5.41, 5.74) is 0. The maximum absolute atomic E-state index is 9.14. The molecule has 0 spiro atoms. The van der Waals surface area contributed by atoms with Gasteiger partial charge in [0.05, 0.1) is 11.9 Å². The summed E-state index contributed by atoms with van der Waals surface area (Å²) in [5.74, 6) is -2.46. The summed E-state index contributed by atoms with van der Waals surface area (Å²) >= 11 is 0. The maximum atomic E-state index is 9.14. The van der Waals surface area contributed by atoms with Gasteiger partial charge in [0.15, 0.2) is 0 Å². The first kappa shape index (κ1) is 22.8. The molecule has 4 nitrogen and oxygen atoms in total. The molecule has 6 heteroatoms. The van der Waals surface area contributed by atoms with Gasteiger partial charge in [-0.15, -0.1) is 0 Å². The van der Waals surface area contributed by atoms with Gasteiger partial charge in [-0.2, -0.15) is 0 Å². The molecule has 0 atom stereocenters. The van der Waals surface area contributed by atoms with Crippen molar-refractivity contribution < 1.29 is 42.1 Å². The fourth-order valence-corrected chi connectivity index (χ4v) is 0. The van der Waals surface area contributed by atoms with E-state index >= 15 is 0 Å². The summed E-state index contributed by atoms with van der Waals surface area (Å²) in [4.78, 5) is 18.3. The van der Waals surface area contributed by atoms with E-state index in [1.54, 1.807) is 0 Å². The smallest absolute Gasteiger partial charge is 1.00 e. The third kappa shape index (κ3) is 48.2. The predicted molar refractivity (Wildman–Crippen MR) is 38.4 cm³/mol. The number of rotatable bonds is 2. The van der Waals surface area contributed by atoms with Crippen molar-refractivity contribution in [2.75, 3.05) is 0 Å². The van der Waals surface area contributed by atoms with Crippen LogP contribution < -0.4 is 10.2 Å². The molecule has 0 fully saturated rings. The summed E-state index contributed by atoms with van der Waals surface area (Å²) < 4.78 is 0. The third-order valence-corrected chi connectivity index (χ3v) is 0.333. The SMILES string of the molecule is C=CC(=O)[O-].C=CC(=O)[O-].[Ca+2].[H-].[H-].[Zn+2]. The Kier molecular flexibility index (Phi) is 33.1. The van der Waals surface area contributed by atoms with Crippen molar-refractivity contribution in [2.24, 2.45) is 0 Å². The van der Waals surface area contributed by atoms with Crippen LogP contribution in [0.5, 0.6) is 0 Å². The van der Waals surface area contributed by atoms with Crippen LogP contribution in [0.25, 0.3) is 0 Å². The van der Waals surface area contributed by atoms with Gasteiger partial charge < -0.3 is 22.7 Å². The van der Waals surface area contributed by atoms with Gasteiger partial charge in [0.25, 0.3) is 0 Å². The first-order valence-electron chi connectivity index (χ1n) is 2.21. The molecule has 0 heterocycles. The van der Waals surface area contributed by atoms with Crippen LogP contribution in [0.15, 0.2) is 25.3 Å². The molecule has 0 saturated carbocycles. The van der Waals surface area contributed by atoms with E-state index in [0.717, 1.165) is 12.2 Å². The summed E-state index contributed by atoms with van der Waals surface area (Å²) in [5, 5.41) is 18.3. The Morgan fingerprint density at radius 3 is 1.17 bits per heavy atom. The molecule has 0 aliphatic carbocycles. The van der Waals surface area contributed by atoms with E-state index < -0.39 is 11.9 Å². The normalized spacial score (nSPS) is 5.33. The molecule has 0 saturated heterocycles. The Morgan fingerprint density at radius 1 is 1.08 bits per heavy atom. The van der Waals surface area contributed by atoms with Crippen LogP contribution in [-0.2, 0) is 29.1 Å². The van der Waals surface area contributed by atoms with Crippen LogP contribution in [-0.4, -0.2) is 49.7 Å². The van der Waals surface area contributed by atoms with Gasteiger partial charge in [0.2, 0.25) is 0 Å². The Morgan fingerprint density at radius 2 is 1.17 bits per heavy atom. The Hall–Kier alpha value is 0.303. The second-order valence-corrected chi connectivity index (χ2v) is 1.05. The van der Waals surface area contributed by atoms with E-state index in [1.807, 2.05) is 0 Å². The number of carbonyl (C=O) groups excluding carboxylic acids is 2. The molecule has 0 N–H and O–H groups in total. The first-order chi connectivity index (χ1) is 4.54. The number of carbonyl (C=O) groups is 2. The zero-order valence-corrected chi connectivity index (χ0v) is 11.8. The summed E-state index contributed by atoms with van der Waals surface area (Å²) in [6, 6.07) is 0. The van der Waals surface area contributed by atoms with Crippen LogP contribution in [0, 0.1) is 0 Å². The minimum Gasteiger partial charge on any atom is -1.00 e. The molecule has 0 unspecified atom stereocenters. The van der Waals surface area contributed by atoms with E-state index in [9.17, 15) is 0 Å². The third-order valence-electron chi connectivity index (χ3n) is 0.333. The zero-order valence-electron chi connectivity index (χ0n) is 8.62. The van der Waals surface area contributed by atoms with Crippen molar-refractivity contribution in [3.05, 3.63) is 25.3 Å². The van der Waals surface area contributed by atoms with Crippen molar-refractivity contribution in [1.29, 1.82) is 0 Å². The monoisotopic (exact) mass is 248 g/mol. The van der Waals surface area contributed by atoms with Crippen molar-refractivity contribution in [2.45, 2.75) is 0 Å². The minimum atomic E-state index is -1.23. The van der Waals surface area contributed by atoms with Crippen LogP contribution in [0.2, 0.25) is 0 Å². The number of aliphatic carboxylic acids is 2. The minimum absolute atomic E-state index is 0. The summed E-state index contributed by atoms with van der Waals surface area (Å²) in [7, 11) is 0. The van der Waals surface area contributed by atoms with Gasteiger partial charge >= 0.3 is 57.2 Å². The molecule has 0 amide bonds. The Labute approximate surface area is 116 Å². The average Bonchev–Trinajstić information content (AvgIpc) is 1.89. The topological polar surface area (TPSA) is 80.3 Å². The van der Waals surface area contributed by atoms with Crippen LogP contribution in [0.4, 0.5) is 0 Å². The number of hydrogen-bond donors (Lipinski definition) is 0. The zero-order chi connectivity index (χ0) is 8.57. The van der Waals surface area contributed by atoms with Crippen LogP contribution in [0.3, 0.4) is 0 Å². The molecule has 0 aromatic heterocycles. The number of carboxylic acids is 2. The van der Waals surface area contributed by atoms with Crippen molar-refractivity contribution in [3.8, 4) is 0 Å². The van der Waals surface area contributed by atoms with Crippen molar-refractivity contribution in [3.63, 3.8) is 0 Å². The molecule has 12 heavy (non-hydrogen) atoms. The molecule has 0 bridgehead atoms. The Bertz CT molecular complexity index is 148. The van der Waals surface area contributed by atoms with Gasteiger partial charge in [0.1, 0.15) is 0 Å². The number of carboxylic acid groups (broad SMARTS) is 2. The van der Waals surface area contributed by atoms with E-state index in [2.05, 4.69) is 13.2 Å². The van der Waals surface area contributed by atoms with Crippen molar-refractivity contribution >= 4 is 49.7 Å². The second-order valence-electron chi connectivity index (χ2n) is 1.05. The van der Waals surface area contributed by atoms with Gasteiger partial charge in [-0.05, 0) is 12.2 Å². The fraction of sp³-hybridized carbons (Fsp3) is 0. The van der Waals surface area contributed by atoms with E-state index in [-0.39, 0.29) is 60.1 Å². The van der Waals surface area contributed by atoms with Gasteiger partial charge in [-0.3, -0.25) is 0 Å². The Balaban J connectivity index is -0.0000000178. The summed E-state index contributed by atoms with van der Waals surface area (Å²) in [6.45, 7) is 5.80. The number of hydrogen-bond acceptors (Lipinski definition) is 4. The van der Waals surface area contributed by atoms with Crippen LogP contribution >= 0.6 is 0 Å².